The maximum atomic E-state index is 10.2. The maximum Gasteiger partial charge on any atom is 0.0914 e. The van der Waals surface area contributed by atoms with Gasteiger partial charge in [0, 0.05) is 17.1 Å². The van der Waals surface area contributed by atoms with Crippen LogP contribution in [0, 0.1) is 6.92 Å². The van der Waals surface area contributed by atoms with E-state index in [4.69, 9.17) is 0 Å². The normalized spacial score (nSPS) is 14.0. The molecule has 0 saturated heterocycles. The molecule has 0 fully saturated rings. The van der Waals surface area contributed by atoms with Crippen LogP contribution in [0.1, 0.15) is 35.8 Å². The van der Waals surface area contributed by atoms with Gasteiger partial charge in [0.05, 0.1) is 6.10 Å². The molecule has 0 bridgehead atoms. The first-order valence-corrected chi connectivity index (χ1v) is 7.59. The van der Waals surface area contributed by atoms with Crippen molar-refractivity contribution >= 4 is 15.9 Å². The smallest absolute Gasteiger partial charge is 0.0914 e. The monoisotopic (exact) mass is 333 g/mol. The van der Waals surface area contributed by atoms with Gasteiger partial charge < -0.3 is 10.4 Å². The summed E-state index contributed by atoms with van der Waals surface area (Å²) in [4.78, 5) is 0. The van der Waals surface area contributed by atoms with E-state index in [-0.39, 0.29) is 6.04 Å². The Morgan fingerprint density at radius 1 is 1.00 bits per heavy atom. The summed E-state index contributed by atoms with van der Waals surface area (Å²) in [5.41, 5.74) is 3.37. The van der Waals surface area contributed by atoms with Gasteiger partial charge in [-0.2, -0.15) is 0 Å². The molecule has 0 radical (unpaired) electrons. The Labute approximate surface area is 129 Å². The molecule has 2 nitrogen and oxygen atoms in total. The Kier molecular flexibility index (Phi) is 5.35. The van der Waals surface area contributed by atoms with Gasteiger partial charge in [-0.1, -0.05) is 57.9 Å². The minimum absolute atomic E-state index is 0.211. The lowest BCUT2D eigenvalue weighted by atomic mass is 10.1. The summed E-state index contributed by atoms with van der Waals surface area (Å²) in [5, 5.41) is 13.5. The molecule has 2 aromatic rings. The number of aliphatic hydroxyl groups is 1. The highest BCUT2D eigenvalue weighted by Crippen LogP contribution is 2.18. The average molecular weight is 334 g/mol. The van der Waals surface area contributed by atoms with E-state index in [1.54, 1.807) is 0 Å². The fourth-order valence-corrected chi connectivity index (χ4v) is 2.33. The van der Waals surface area contributed by atoms with E-state index in [0.717, 1.165) is 10.0 Å². The largest absolute Gasteiger partial charge is 0.387 e. The predicted octanol–water partition coefficient (Wildman–Crippen LogP) is 4.14. The molecule has 0 amide bonds. The predicted molar refractivity (Wildman–Crippen MR) is 86.7 cm³/mol. The van der Waals surface area contributed by atoms with Gasteiger partial charge in [0.1, 0.15) is 0 Å². The van der Waals surface area contributed by atoms with E-state index in [0.29, 0.717) is 6.54 Å². The highest BCUT2D eigenvalue weighted by molar-refractivity contribution is 9.10. The molecule has 20 heavy (non-hydrogen) atoms. The molecule has 106 valence electrons. The van der Waals surface area contributed by atoms with Crippen LogP contribution in [0.2, 0.25) is 0 Å². The molecular formula is C17H20BrNO. The summed E-state index contributed by atoms with van der Waals surface area (Å²) >= 11 is 3.43. The van der Waals surface area contributed by atoms with Gasteiger partial charge in [-0.3, -0.25) is 0 Å². The minimum atomic E-state index is -0.478. The molecule has 2 rings (SSSR count). The molecule has 0 aliphatic carbocycles. The average Bonchev–Trinajstić information content (AvgIpc) is 2.46. The Bertz CT molecular complexity index is 484. The van der Waals surface area contributed by atoms with E-state index in [9.17, 15) is 5.11 Å². The standard InChI is InChI=1S/C17H20BrNO/c1-12-3-5-15(6-4-12)17(20)11-19-13(2)14-7-9-16(18)10-8-14/h3-10,13,17,19-20H,11H2,1-2H3/t13-,17+/m1/s1. The fraction of sp³-hybridized carbons (Fsp3) is 0.294. The molecule has 0 aliphatic heterocycles. The third-order valence-electron chi connectivity index (χ3n) is 3.45. The first-order chi connectivity index (χ1) is 9.56. The van der Waals surface area contributed by atoms with Crippen molar-refractivity contribution in [3.63, 3.8) is 0 Å². The second-order valence-corrected chi connectivity index (χ2v) is 6.02. The third kappa shape index (κ3) is 4.17. The van der Waals surface area contributed by atoms with Gasteiger partial charge >= 0.3 is 0 Å². The van der Waals surface area contributed by atoms with Gasteiger partial charge in [0.25, 0.3) is 0 Å². The van der Waals surface area contributed by atoms with Crippen LogP contribution in [-0.4, -0.2) is 11.7 Å². The number of benzene rings is 2. The lowest BCUT2D eigenvalue weighted by Gasteiger charge is -2.18. The summed E-state index contributed by atoms with van der Waals surface area (Å²) in [5.74, 6) is 0. The van der Waals surface area contributed by atoms with Crippen molar-refractivity contribution in [2.75, 3.05) is 6.54 Å². The van der Waals surface area contributed by atoms with Crippen molar-refractivity contribution in [2.45, 2.75) is 26.0 Å². The third-order valence-corrected chi connectivity index (χ3v) is 3.98. The topological polar surface area (TPSA) is 32.3 Å². The minimum Gasteiger partial charge on any atom is -0.387 e. The van der Waals surface area contributed by atoms with Crippen molar-refractivity contribution < 1.29 is 5.11 Å². The summed E-state index contributed by atoms with van der Waals surface area (Å²) in [6.07, 6.45) is -0.478. The van der Waals surface area contributed by atoms with Gasteiger partial charge in [-0.05, 0) is 37.1 Å². The summed E-state index contributed by atoms with van der Waals surface area (Å²) in [7, 11) is 0. The number of aliphatic hydroxyl groups excluding tert-OH is 1. The Balaban J connectivity index is 1.91. The first kappa shape index (κ1) is 15.2. The molecule has 2 aromatic carbocycles. The Morgan fingerprint density at radius 3 is 2.15 bits per heavy atom. The van der Waals surface area contributed by atoms with Crippen LogP contribution in [0.15, 0.2) is 53.0 Å². The van der Waals surface area contributed by atoms with Crippen LogP contribution in [0.4, 0.5) is 0 Å². The van der Waals surface area contributed by atoms with Crippen molar-refractivity contribution in [3.8, 4) is 0 Å². The molecule has 0 unspecified atom stereocenters. The second-order valence-electron chi connectivity index (χ2n) is 5.11. The molecule has 0 heterocycles. The van der Waals surface area contributed by atoms with Crippen LogP contribution < -0.4 is 5.32 Å². The summed E-state index contributed by atoms with van der Waals surface area (Å²) < 4.78 is 1.08. The zero-order chi connectivity index (χ0) is 14.5. The van der Waals surface area contributed by atoms with E-state index in [1.165, 1.54) is 11.1 Å². The molecule has 0 saturated carbocycles. The SMILES string of the molecule is Cc1ccc([C@@H](O)CN[C@H](C)c2ccc(Br)cc2)cc1. The van der Waals surface area contributed by atoms with Gasteiger partial charge in [-0.25, -0.2) is 0 Å². The van der Waals surface area contributed by atoms with Crippen LogP contribution in [-0.2, 0) is 0 Å². The van der Waals surface area contributed by atoms with E-state index < -0.39 is 6.10 Å². The summed E-state index contributed by atoms with van der Waals surface area (Å²) in [6.45, 7) is 4.69. The van der Waals surface area contributed by atoms with Crippen molar-refractivity contribution in [1.82, 2.24) is 5.32 Å². The van der Waals surface area contributed by atoms with E-state index >= 15 is 0 Å². The number of halogens is 1. The molecule has 2 atom stereocenters. The fourth-order valence-electron chi connectivity index (χ4n) is 2.06. The zero-order valence-corrected chi connectivity index (χ0v) is 13.4. The van der Waals surface area contributed by atoms with Crippen molar-refractivity contribution in [3.05, 3.63) is 69.7 Å². The first-order valence-electron chi connectivity index (χ1n) is 6.80. The number of hydrogen-bond donors (Lipinski definition) is 2. The summed E-state index contributed by atoms with van der Waals surface area (Å²) in [6, 6.07) is 16.4. The van der Waals surface area contributed by atoms with Crippen LogP contribution >= 0.6 is 15.9 Å². The van der Waals surface area contributed by atoms with Crippen LogP contribution in [0.3, 0.4) is 0 Å². The molecule has 3 heteroatoms. The van der Waals surface area contributed by atoms with E-state index in [1.807, 2.05) is 43.3 Å². The molecule has 2 N–H and O–H groups in total. The van der Waals surface area contributed by atoms with Crippen molar-refractivity contribution in [2.24, 2.45) is 0 Å². The van der Waals surface area contributed by atoms with Gasteiger partial charge in [-0.15, -0.1) is 0 Å². The molecule has 0 spiro atoms. The number of rotatable bonds is 5. The second kappa shape index (κ2) is 7.02. The highest BCUT2D eigenvalue weighted by atomic mass is 79.9. The Morgan fingerprint density at radius 2 is 1.55 bits per heavy atom. The molecule has 0 aromatic heterocycles. The maximum absolute atomic E-state index is 10.2. The number of aryl methyl sites for hydroxylation is 1. The molecule has 0 aliphatic rings. The lowest BCUT2D eigenvalue weighted by Crippen LogP contribution is -2.24. The van der Waals surface area contributed by atoms with Gasteiger partial charge in [0.15, 0.2) is 0 Å². The highest BCUT2D eigenvalue weighted by Gasteiger charge is 2.10. The quantitative estimate of drug-likeness (QED) is 0.861. The molecular weight excluding hydrogens is 314 g/mol. The van der Waals surface area contributed by atoms with Gasteiger partial charge in [0.2, 0.25) is 0 Å². The van der Waals surface area contributed by atoms with Crippen molar-refractivity contribution in [1.29, 1.82) is 0 Å². The van der Waals surface area contributed by atoms with E-state index in [2.05, 4.69) is 40.3 Å². The number of nitrogens with one attached hydrogen (secondary N) is 1. The number of hydrogen-bond acceptors (Lipinski definition) is 2. The Hall–Kier alpha value is -1.16. The zero-order valence-electron chi connectivity index (χ0n) is 11.8. The van der Waals surface area contributed by atoms with Crippen LogP contribution in [0.5, 0.6) is 0 Å². The lowest BCUT2D eigenvalue weighted by molar-refractivity contribution is 0.171. The van der Waals surface area contributed by atoms with Crippen LogP contribution in [0.25, 0.3) is 0 Å².